The molecule has 0 atom stereocenters. The fourth-order valence-electron chi connectivity index (χ4n) is 1.19. The zero-order chi connectivity index (χ0) is 13.9. The van der Waals surface area contributed by atoms with E-state index in [0.717, 1.165) is 0 Å². The smallest absolute Gasteiger partial charge is 0.403 e. The van der Waals surface area contributed by atoms with E-state index in [-0.39, 0.29) is 0 Å². The summed E-state index contributed by atoms with van der Waals surface area (Å²) >= 11 is 2.66. The maximum absolute atomic E-state index is 12.6. The van der Waals surface area contributed by atoms with Gasteiger partial charge in [0.1, 0.15) is 4.60 Å². The Balaban J connectivity index is 3.37. The Labute approximate surface area is 106 Å². The van der Waals surface area contributed by atoms with Crippen molar-refractivity contribution in [1.82, 2.24) is 4.98 Å². The molecule has 98 valence electrons. The average Bonchev–Trinajstić information content (AvgIpc) is 2.21. The lowest BCUT2D eigenvalue weighted by Crippen LogP contribution is -2.19. The second-order valence-electron chi connectivity index (χ2n) is 3.00. The molecule has 0 amide bonds. The average molecular weight is 331 g/mol. The molecule has 0 unspecified atom stereocenters. The fraction of sp³-hybridized carbons (Fsp3) is 0.333. The van der Waals surface area contributed by atoms with Crippen LogP contribution in [-0.2, 0) is 6.42 Å². The normalized spacial score (nSPS) is 11.4. The van der Waals surface area contributed by atoms with Crippen LogP contribution in [0.1, 0.15) is 17.6 Å². The van der Waals surface area contributed by atoms with Crippen LogP contribution in [-0.4, -0.2) is 11.3 Å². The maximum atomic E-state index is 12.6. The SMILES string of the molecule is N#CCc1c(C(F)F)cnc(Br)c1OC(F)(F)F. The number of ether oxygens (including phenoxy) is 1. The van der Waals surface area contributed by atoms with E-state index in [0.29, 0.717) is 6.20 Å². The molecule has 1 rings (SSSR count). The summed E-state index contributed by atoms with van der Waals surface area (Å²) in [5.41, 5.74) is -1.30. The van der Waals surface area contributed by atoms with Crippen molar-refractivity contribution < 1.29 is 26.7 Å². The van der Waals surface area contributed by atoms with Crippen molar-refractivity contribution >= 4 is 15.9 Å². The van der Waals surface area contributed by atoms with Crippen molar-refractivity contribution in [2.24, 2.45) is 0 Å². The number of hydrogen-bond acceptors (Lipinski definition) is 3. The number of nitrogens with zero attached hydrogens (tertiary/aromatic N) is 2. The predicted molar refractivity (Wildman–Crippen MR) is 52.9 cm³/mol. The van der Waals surface area contributed by atoms with Gasteiger partial charge in [0.2, 0.25) is 0 Å². The van der Waals surface area contributed by atoms with E-state index in [1.165, 1.54) is 6.07 Å². The number of hydrogen-bond donors (Lipinski definition) is 0. The third-order valence-electron chi connectivity index (χ3n) is 1.84. The van der Waals surface area contributed by atoms with E-state index >= 15 is 0 Å². The van der Waals surface area contributed by atoms with E-state index in [9.17, 15) is 22.0 Å². The largest absolute Gasteiger partial charge is 0.573 e. The minimum Gasteiger partial charge on any atom is -0.403 e. The van der Waals surface area contributed by atoms with Gasteiger partial charge < -0.3 is 4.74 Å². The number of nitriles is 1. The van der Waals surface area contributed by atoms with Gasteiger partial charge in [-0.3, -0.25) is 0 Å². The van der Waals surface area contributed by atoms with Gasteiger partial charge in [-0.2, -0.15) is 5.26 Å². The molecule has 0 spiro atoms. The monoisotopic (exact) mass is 330 g/mol. The summed E-state index contributed by atoms with van der Waals surface area (Å²) in [4.78, 5) is 3.33. The Kier molecular flexibility index (Phi) is 4.45. The van der Waals surface area contributed by atoms with Gasteiger partial charge in [-0.05, 0) is 15.9 Å². The zero-order valence-corrected chi connectivity index (χ0v) is 10.0. The second kappa shape index (κ2) is 5.48. The first kappa shape index (κ1) is 14.6. The van der Waals surface area contributed by atoms with Crippen molar-refractivity contribution in [2.45, 2.75) is 19.2 Å². The first-order valence-electron chi connectivity index (χ1n) is 4.34. The summed E-state index contributed by atoms with van der Waals surface area (Å²) in [7, 11) is 0. The third kappa shape index (κ3) is 3.53. The van der Waals surface area contributed by atoms with Crippen LogP contribution in [0, 0.1) is 11.3 Å². The zero-order valence-electron chi connectivity index (χ0n) is 8.43. The highest BCUT2D eigenvalue weighted by molar-refractivity contribution is 9.10. The molecule has 0 aliphatic heterocycles. The van der Waals surface area contributed by atoms with Gasteiger partial charge in [0, 0.05) is 17.3 Å². The lowest BCUT2D eigenvalue weighted by molar-refractivity contribution is -0.275. The Morgan fingerprint density at radius 2 is 2.06 bits per heavy atom. The number of halogens is 6. The first-order valence-corrected chi connectivity index (χ1v) is 5.13. The summed E-state index contributed by atoms with van der Waals surface area (Å²) in [6.07, 6.45) is -8.06. The summed E-state index contributed by atoms with van der Waals surface area (Å²) in [5.74, 6) is -0.915. The van der Waals surface area contributed by atoms with Crippen LogP contribution in [0.4, 0.5) is 22.0 Å². The summed E-state index contributed by atoms with van der Waals surface area (Å²) < 4.78 is 64.8. The summed E-state index contributed by atoms with van der Waals surface area (Å²) in [6, 6.07) is 1.50. The van der Waals surface area contributed by atoms with Crippen LogP contribution in [0.3, 0.4) is 0 Å². The molecule has 1 aromatic heterocycles. The van der Waals surface area contributed by atoms with Crippen molar-refractivity contribution in [2.75, 3.05) is 0 Å². The van der Waals surface area contributed by atoms with Gasteiger partial charge in [0.25, 0.3) is 6.43 Å². The highest BCUT2D eigenvalue weighted by Gasteiger charge is 2.34. The summed E-state index contributed by atoms with van der Waals surface area (Å²) in [5, 5.41) is 8.47. The van der Waals surface area contributed by atoms with Gasteiger partial charge >= 0.3 is 6.36 Å². The molecule has 0 fully saturated rings. The lowest BCUT2D eigenvalue weighted by atomic mass is 10.1. The minimum absolute atomic E-state index is 0.394. The van der Waals surface area contributed by atoms with Gasteiger partial charge in [-0.15, -0.1) is 13.2 Å². The molecule has 0 N–H and O–H groups in total. The van der Waals surface area contributed by atoms with Gasteiger partial charge in [-0.1, -0.05) is 0 Å². The van der Waals surface area contributed by atoms with Crippen molar-refractivity contribution in [3.63, 3.8) is 0 Å². The van der Waals surface area contributed by atoms with Gasteiger partial charge in [0.15, 0.2) is 5.75 Å². The fourth-order valence-corrected chi connectivity index (χ4v) is 1.61. The third-order valence-corrected chi connectivity index (χ3v) is 2.40. The number of aromatic nitrogens is 1. The van der Waals surface area contributed by atoms with E-state index in [2.05, 4.69) is 25.7 Å². The van der Waals surface area contributed by atoms with Gasteiger partial charge in [0.05, 0.1) is 12.5 Å². The molecular formula is C9H4BrF5N2O. The van der Waals surface area contributed by atoms with Crippen molar-refractivity contribution in [3.8, 4) is 11.8 Å². The standard InChI is InChI=1S/C9H4BrF5N2O/c10-7-6(18-9(13,14)15)4(1-2-16)5(3-17-7)8(11)12/h3,8H,1H2. The minimum atomic E-state index is -5.06. The number of pyridine rings is 1. The number of alkyl halides is 5. The Morgan fingerprint density at radius 1 is 1.44 bits per heavy atom. The first-order chi connectivity index (χ1) is 8.26. The van der Waals surface area contributed by atoms with Crippen molar-refractivity contribution in [3.05, 3.63) is 21.9 Å². The molecule has 0 saturated carbocycles. The molecular weight excluding hydrogens is 327 g/mol. The molecule has 3 nitrogen and oxygen atoms in total. The molecule has 1 heterocycles. The predicted octanol–water partition coefficient (Wildman–Crippen LogP) is 3.75. The maximum Gasteiger partial charge on any atom is 0.573 e. The van der Waals surface area contributed by atoms with Crippen LogP contribution >= 0.6 is 15.9 Å². The van der Waals surface area contributed by atoms with E-state index in [1.54, 1.807) is 0 Å². The number of rotatable bonds is 3. The Bertz CT molecular complexity index is 483. The van der Waals surface area contributed by atoms with Crippen LogP contribution < -0.4 is 4.74 Å². The molecule has 0 saturated heterocycles. The highest BCUT2D eigenvalue weighted by atomic mass is 79.9. The Hall–Kier alpha value is -1.43. The summed E-state index contributed by atoms with van der Waals surface area (Å²) in [6.45, 7) is 0. The Morgan fingerprint density at radius 3 is 2.50 bits per heavy atom. The molecule has 0 aliphatic rings. The molecule has 18 heavy (non-hydrogen) atoms. The lowest BCUT2D eigenvalue weighted by Gasteiger charge is -2.15. The molecule has 0 radical (unpaired) electrons. The molecule has 0 aliphatic carbocycles. The van der Waals surface area contributed by atoms with E-state index < -0.39 is 40.7 Å². The second-order valence-corrected chi connectivity index (χ2v) is 3.75. The van der Waals surface area contributed by atoms with Crippen molar-refractivity contribution in [1.29, 1.82) is 5.26 Å². The quantitative estimate of drug-likeness (QED) is 0.626. The van der Waals surface area contributed by atoms with Crippen LogP contribution in [0.15, 0.2) is 10.8 Å². The molecule has 0 bridgehead atoms. The molecule has 1 aromatic rings. The van der Waals surface area contributed by atoms with Crippen LogP contribution in [0.2, 0.25) is 0 Å². The molecule has 0 aromatic carbocycles. The van der Waals surface area contributed by atoms with Crippen LogP contribution in [0.5, 0.6) is 5.75 Å². The molecule has 9 heteroatoms. The van der Waals surface area contributed by atoms with E-state index in [4.69, 9.17) is 5.26 Å². The highest BCUT2D eigenvalue weighted by Crippen LogP contribution is 2.37. The topological polar surface area (TPSA) is 45.9 Å². The van der Waals surface area contributed by atoms with Crippen LogP contribution in [0.25, 0.3) is 0 Å². The van der Waals surface area contributed by atoms with Gasteiger partial charge in [-0.25, -0.2) is 13.8 Å². The van der Waals surface area contributed by atoms with E-state index in [1.807, 2.05) is 0 Å².